The summed E-state index contributed by atoms with van der Waals surface area (Å²) in [5.41, 5.74) is 2.81. The van der Waals surface area contributed by atoms with Crippen molar-refractivity contribution in [1.82, 2.24) is 10.3 Å². The number of aromatic nitrogens is 1. The predicted octanol–water partition coefficient (Wildman–Crippen LogP) is 2.62. The van der Waals surface area contributed by atoms with Crippen molar-refractivity contribution in [2.75, 3.05) is 13.1 Å². The number of nitrogens with zero attached hydrogens (tertiary/aromatic N) is 2. The maximum atomic E-state index is 8.99. The summed E-state index contributed by atoms with van der Waals surface area (Å²) in [7, 11) is 0. The molecule has 1 fully saturated rings. The van der Waals surface area contributed by atoms with E-state index in [9.17, 15) is 0 Å². The van der Waals surface area contributed by atoms with Gasteiger partial charge in [-0.1, -0.05) is 17.7 Å². The molecule has 1 aromatic rings. The standard InChI is InChI=1S/C14H14ClN3/c15-14-11(5-16)4-13(8-18-14)9-1-2-10-6-17-7-12(10)3-9/h3-4,8,10,12,17H,1-2,6-7H2. The second-order valence-corrected chi connectivity index (χ2v) is 5.34. The third-order valence-corrected chi connectivity index (χ3v) is 4.22. The molecule has 2 aliphatic rings. The Morgan fingerprint density at radius 2 is 2.33 bits per heavy atom. The van der Waals surface area contributed by atoms with E-state index in [1.165, 1.54) is 12.0 Å². The summed E-state index contributed by atoms with van der Waals surface area (Å²) in [5, 5.41) is 12.7. The molecular weight excluding hydrogens is 246 g/mol. The van der Waals surface area contributed by atoms with Gasteiger partial charge in [-0.25, -0.2) is 4.98 Å². The lowest BCUT2D eigenvalue weighted by molar-refractivity contribution is 0.448. The molecule has 1 saturated heterocycles. The number of nitriles is 1. The SMILES string of the molecule is N#Cc1cc(C2=CC3CNCC3CC2)cnc1Cl. The summed E-state index contributed by atoms with van der Waals surface area (Å²) >= 11 is 5.86. The van der Waals surface area contributed by atoms with Crippen molar-refractivity contribution in [1.29, 1.82) is 5.26 Å². The Kier molecular flexibility index (Phi) is 3.07. The van der Waals surface area contributed by atoms with Gasteiger partial charge < -0.3 is 5.32 Å². The lowest BCUT2D eigenvalue weighted by atomic mass is 9.81. The molecule has 0 radical (unpaired) electrons. The average molecular weight is 260 g/mol. The van der Waals surface area contributed by atoms with E-state index >= 15 is 0 Å². The number of fused-ring (bicyclic) bond motifs is 1. The van der Waals surface area contributed by atoms with Crippen LogP contribution in [0.3, 0.4) is 0 Å². The average Bonchev–Trinajstić information content (AvgIpc) is 2.86. The second-order valence-electron chi connectivity index (χ2n) is 4.99. The van der Waals surface area contributed by atoms with Crippen LogP contribution >= 0.6 is 11.6 Å². The van der Waals surface area contributed by atoms with Gasteiger partial charge in [0.1, 0.15) is 11.2 Å². The molecule has 0 spiro atoms. The highest BCUT2D eigenvalue weighted by Crippen LogP contribution is 2.35. The predicted molar refractivity (Wildman–Crippen MR) is 71.0 cm³/mol. The highest BCUT2D eigenvalue weighted by molar-refractivity contribution is 6.30. The van der Waals surface area contributed by atoms with Crippen molar-refractivity contribution >= 4 is 17.2 Å². The minimum absolute atomic E-state index is 0.290. The molecule has 3 rings (SSSR count). The number of rotatable bonds is 1. The van der Waals surface area contributed by atoms with Gasteiger partial charge in [0.15, 0.2) is 0 Å². The molecule has 2 heterocycles. The number of hydrogen-bond donors (Lipinski definition) is 1. The first-order valence-electron chi connectivity index (χ1n) is 6.25. The molecule has 2 atom stereocenters. The molecule has 0 bridgehead atoms. The van der Waals surface area contributed by atoms with Crippen LogP contribution < -0.4 is 5.32 Å². The lowest BCUT2D eigenvalue weighted by Crippen LogP contribution is -2.15. The van der Waals surface area contributed by atoms with E-state index < -0.39 is 0 Å². The molecule has 0 aromatic carbocycles. The Bertz CT molecular complexity index is 544. The van der Waals surface area contributed by atoms with E-state index in [1.807, 2.05) is 6.07 Å². The van der Waals surface area contributed by atoms with Crippen molar-refractivity contribution in [3.05, 3.63) is 34.6 Å². The van der Waals surface area contributed by atoms with Crippen LogP contribution in [-0.2, 0) is 0 Å². The summed E-state index contributed by atoms with van der Waals surface area (Å²) in [5.74, 6) is 1.42. The van der Waals surface area contributed by atoms with Gasteiger partial charge in [-0.3, -0.25) is 0 Å². The Labute approximate surface area is 111 Å². The largest absolute Gasteiger partial charge is 0.316 e. The number of hydrogen-bond acceptors (Lipinski definition) is 3. The van der Waals surface area contributed by atoms with Gasteiger partial charge >= 0.3 is 0 Å². The van der Waals surface area contributed by atoms with E-state index in [4.69, 9.17) is 16.9 Å². The maximum Gasteiger partial charge on any atom is 0.146 e. The monoisotopic (exact) mass is 259 g/mol. The fraction of sp³-hybridized carbons (Fsp3) is 0.429. The smallest absolute Gasteiger partial charge is 0.146 e. The third-order valence-electron chi connectivity index (χ3n) is 3.92. The van der Waals surface area contributed by atoms with Gasteiger partial charge in [-0.15, -0.1) is 0 Å². The van der Waals surface area contributed by atoms with Gasteiger partial charge in [-0.2, -0.15) is 5.26 Å². The number of allylic oxidation sites excluding steroid dienone is 1. The van der Waals surface area contributed by atoms with Crippen LogP contribution in [0.4, 0.5) is 0 Å². The molecule has 1 N–H and O–H groups in total. The first-order valence-corrected chi connectivity index (χ1v) is 6.63. The minimum atomic E-state index is 0.290. The number of pyridine rings is 1. The van der Waals surface area contributed by atoms with Crippen molar-refractivity contribution < 1.29 is 0 Å². The molecule has 18 heavy (non-hydrogen) atoms. The van der Waals surface area contributed by atoms with Gasteiger partial charge in [0.25, 0.3) is 0 Å². The van der Waals surface area contributed by atoms with Crippen LogP contribution in [0.2, 0.25) is 5.15 Å². The van der Waals surface area contributed by atoms with Gasteiger partial charge in [0.05, 0.1) is 5.56 Å². The quantitative estimate of drug-likeness (QED) is 0.789. The van der Waals surface area contributed by atoms with E-state index in [2.05, 4.69) is 22.4 Å². The van der Waals surface area contributed by atoms with Crippen LogP contribution in [0.25, 0.3) is 5.57 Å². The summed E-state index contributed by atoms with van der Waals surface area (Å²) < 4.78 is 0. The normalized spacial score (nSPS) is 26.3. The van der Waals surface area contributed by atoms with Crippen LogP contribution in [0.1, 0.15) is 24.0 Å². The zero-order valence-corrected chi connectivity index (χ0v) is 10.7. The molecule has 1 aliphatic carbocycles. The Balaban J connectivity index is 1.93. The maximum absolute atomic E-state index is 8.99. The molecule has 1 aliphatic heterocycles. The molecule has 0 amide bonds. The van der Waals surface area contributed by atoms with E-state index in [1.54, 1.807) is 6.20 Å². The molecule has 92 valence electrons. The topological polar surface area (TPSA) is 48.7 Å². The van der Waals surface area contributed by atoms with E-state index in [0.29, 0.717) is 11.5 Å². The fourth-order valence-electron chi connectivity index (χ4n) is 2.89. The van der Waals surface area contributed by atoms with Crippen LogP contribution in [0, 0.1) is 23.2 Å². The molecule has 1 aromatic heterocycles. The highest BCUT2D eigenvalue weighted by atomic mass is 35.5. The van der Waals surface area contributed by atoms with Gasteiger partial charge in [-0.05, 0) is 48.4 Å². The Morgan fingerprint density at radius 3 is 3.17 bits per heavy atom. The molecular formula is C14H14ClN3. The van der Waals surface area contributed by atoms with Crippen LogP contribution in [-0.4, -0.2) is 18.1 Å². The lowest BCUT2D eigenvalue weighted by Gasteiger charge is -2.23. The number of halogens is 1. The first kappa shape index (κ1) is 11.7. The molecule has 0 saturated carbocycles. The van der Waals surface area contributed by atoms with Gasteiger partial charge in [0, 0.05) is 12.7 Å². The highest BCUT2D eigenvalue weighted by Gasteiger charge is 2.29. The van der Waals surface area contributed by atoms with E-state index in [0.717, 1.165) is 31.0 Å². The van der Waals surface area contributed by atoms with Crippen LogP contribution in [0.15, 0.2) is 18.3 Å². The zero-order valence-electron chi connectivity index (χ0n) is 9.99. The summed E-state index contributed by atoms with van der Waals surface area (Å²) in [6, 6.07) is 3.94. The Hall–Kier alpha value is -1.37. The van der Waals surface area contributed by atoms with Crippen molar-refractivity contribution in [2.24, 2.45) is 11.8 Å². The van der Waals surface area contributed by atoms with Crippen molar-refractivity contribution in [3.8, 4) is 6.07 Å². The first-order chi connectivity index (χ1) is 8.78. The second kappa shape index (κ2) is 4.72. The van der Waals surface area contributed by atoms with Crippen LogP contribution in [0.5, 0.6) is 0 Å². The minimum Gasteiger partial charge on any atom is -0.316 e. The van der Waals surface area contributed by atoms with Crippen molar-refractivity contribution in [2.45, 2.75) is 12.8 Å². The van der Waals surface area contributed by atoms with Crippen molar-refractivity contribution in [3.63, 3.8) is 0 Å². The summed E-state index contributed by atoms with van der Waals surface area (Å²) in [6.07, 6.45) is 6.41. The van der Waals surface area contributed by atoms with E-state index in [-0.39, 0.29) is 5.15 Å². The molecule has 4 heteroatoms. The number of nitrogens with one attached hydrogen (secondary N) is 1. The molecule has 3 nitrogen and oxygen atoms in total. The fourth-order valence-corrected chi connectivity index (χ4v) is 3.04. The summed E-state index contributed by atoms with van der Waals surface area (Å²) in [6.45, 7) is 2.21. The third kappa shape index (κ3) is 2.03. The summed E-state index contributed by atoms with van der Waals surface area (Å²) in [4.78, 5) is 4.10. The molecule has 2 unspecified atom stereocenters. The van der Waals surface area contributed by atoms with Gasteiger partial charge in [0.2, 0.25) is 0 Å². The zero-order chi connectivity index (χ0) is 12.5. The Morgan fingerprint density at radius 1 is 1.44 bits per heavy atom.